The number of rotatable bonds is 2. The first-order chi connectivity index (χ1) is 10.8. The number of carbonyl (C=O) groups is 1. The minimum absolute atomic E-state index is 0.00964. The maximum atomic E-state index is 12.2. The van der Waals surface area contributed by atoms with Crippen LogP contribution in [-0.2, 0) is 22.6 Å². The normalized spacial score (nSPS) is 25.2. The lowest BCUT2D eigenvalue weighted by Gasteiger charge is -2.34. The van der Waals surface area contributed by atoms with Gasteiger partial charge in [-0.05, 0) is 69.7 Å². The van der Waals surface area contributed by atoms with Crippen molar-refractivity contribution in [2.24, 2.45) is 5.92 Å². The zero-order chi connectivity index (χ0) is 16.6. The molecule has 0 spiro atoms. The molecule has 1 saturated carbocycles. The van der Waals surface area contributed by atoms with Crippen LogP contribution in [0.2, 0.25) is 0 Å². The van der Waals surface area contributed by atoms with Crippen LogP contribution in [0.3, 0.4) is 0 Å². The van der Waals surface area contributed by atoms with Gasteiger partial charge in [0, 0.05) is 23.6 Å². The van der Waals surface area contributed by atoms with Gasteiger partial charge in [-0.25, -0.2) is 0 Å². The summed E-state index contributed by atoms with van der Waals surface area (Å²) in [6.45, 7) is 7.91. The minimum atomic E-state index is -0.377. The summed E-state index contributed by atoms with van der Waals surface area (Å²) in [6.07, 6.45) is 4.10. The van der Waals surface area contributed by atoms with E-state index in [-0.39, 0.29) is 17.5 Å². The molecule has 0 amide bonds. The van der Waals surface area contributed by atoms with Gasteiger partial charge in [0.05, 0.1) is 5.92 Å². The van der Waals surface area contributed by atoms with Crippen LogP contribution >= 0.6 is 15.9 Å². The van der Waals surface area contributed by atoms with Crippen LogP contribution in [0.15, 0.2) is 22.7 Å². The molecule has 0 aromatic heterocycles. The Bertz CT molecular complexity index is 586. The zero-order valence-electron chi connectivity index (χ0n) is 14.3. The van der Waals surface area contributed by atoms with Gasteiger partial charge in [-0.1, -0.05) is 22.0 Å². The second-order valence-electron chi connectivity index (χ2n) is 7.86. The number of carbonyl (C=O) groups excluding carboxylic acids is 1. The van der Waals surface area contributed by atoms with Gasteiger partial charge in [-0.3, -0.25) is 9.69 Å². The molecule has 2 aliphatic rings. The van der Waals surface area contributed by atoms with Gasteiger partial charge in [0.25, 0.3) is 0 Å². The highest BCUT2D eigenvalue weighted by Crippen LogP contribution is 2.34. The molecule has 23 heavy (non-hydrogen) atoms. The van der Waals surface area contributed by atoms with E-state index in [1.807, 2.05) is 20.8 Å². The zero-order valence-corrected chi connectivity index (χ0v) is 15.9. The first kappa shape index (κ1) is 17.0. The van der Waals surface area contributed by atoms with E-state index in [1.54, 1.807) is 0 Å². The average molecular weight is 380 g/mol. The third-order valence-electron chi connectivity index (χ3n) is 4.87. The largest absolute Gasteiger partial charge is 0.460 e. The van der Waals surface area contributed by atoms with Gasteiger partial charge in [0.2, 0.25) is 0 Å². The Hall–Kier alpha value is -0.870. The van der Waals surface area contributed by atoms with Crippen molar-refractivity contribution >= 4 is 21.9 Å². The number of nitrogens with zero attached hydrogens (tertiary/aromatic N) is 1. The molecule has 3 nitrogen and oxygen atoms in total. The third kappa shape index (κ3) is 4.16. The number of ether oxygens (including phenoxy) is 1. The molecular weight excluding hydrogens is 354 g/mol. The predicted octanol–water partition coefficient (Wildman–Crippen LogP) is 4.67. The summed E-state index contributed by atoms with van der Waals surface area (Å²) in [5.74, 6) is 0.0780. The highest BCUT2D eigenvalue weighted by Gasteiger charge is 2.33. The summed E-state index contributed by atoms with van der Waals surface area (Å²) in [4.78, 5) is 14.8. The lowest BCUT2D eigenvalue weighted by molar-refractivity contribution is -0.161. The van der Waals surface area contributed by atoms with Gasteiger partial charge in [0.1, 0.15) is 5.60 Å². The number of benzene rings is 1. The van der Waals surface area contributed by atoms with Crippen molar-refractivity contribution in [2.45, 2.75) is 71.2 Å². The molecule has 3 rings (SSSR count). The number of halogens is 1. The predicted molar refractivity (Wildman–Crippen MR) is 95.0 cm³/mol. The molecule has 0 atom stereocenters. The summed E-state index contributed by atoms with van der Waals surface area (Å²) in [5.41, 5.74) is 2.51. The van der Waals surface area contributed by atoms with E-state index >= 15 is 0 Å². The van der Waals surface area contributed by atoms with Gasteiger partial charge in [-0.15, -0.1) is 0 Å². The van der Waals surface area contributed by atoms with E-state index in [4.69, 9.17) is 4.74 Å². The average Bonchev–Trinajstić information content (AvgIpc) is 2.88. The number of fused-ring (bicyclic) bond motifs is 1. The molecule has 1 aliphatic heterocycles. The Morgan fingerprint density at radius 1 is 1.13 bits per heavy atom. The van der Waals surface area contributed by atoms with E-state index in [9.17, 15) is 4.79 Å². The van der Waals surface area contributed by atoms with Gasteiger partial charge in [0.15, 0.2) is 0 Å². The Balaban J connectivity index is 1.53. The molecule has 1 aliphatic carbocycles. The molecule has 0 unspecified atom stereocenters. The number of esters is 1. The summed E-state index contributed by atoms with van der Waals surface area (Å²) < 4.78 is 6.70. The fourth-order valence-electron chi connectivity index (χ4n) is 3.71. The summed E-state index contributed by atoms with van der Waals surface area (Å²) in [7, 11) is 0. The van der Waals surface area contributed by atoms with E-state index in [0.29, 0.717) is 6.04 Å². The number of hydrogen-bond donors (Lipinski definition) is 0. The maximum absolute atomic E-state index is 12.2. The van der Waals surface area contributed by atoms with Crippen LogP contribution < -0.4 is 0 Å². The Labute approximate surface area is 147 Å². The maximum Gasteiger partial charge on any atom is 0.309 e. The van der Waals surface area contributed by atoms with Crippen molar-refractivity contribution in [2.75, 3.05) is 0 Å². The van der Waals surface area contributed by atoms with E-state index in [2.05, 4.69) is 39.0 Å². The van der Waals surface area contributed by atoms with Crippen LogP contribution in [-0.4, -0.2) is 22.5 Å². The van der Waals surface area contributed by atoms with Crippen molar-refractivity contribution in [1.29, 1.82) is 0 Å². The molecular formula is C19H26BrNO2. The lowest BCUT2D eigenvalue weighted by Crippen LogP contribution is -2.37. The lowest BCUT2D eigenvalue weighted by atomic mass is 9.85. The highest BCUT2D eigenvalue weighted by atomic mass is 79.9. The molecule has 0 bridgehead atoms. The van der Waals surface area contributed by atoms with Crippen LogP contribution in [0, 0.1) is 5.92 Å². The Kier molecular flexibility index (Phi) is 4.84. The van der Waals surface area contributed by atoms with Gasteiger partial charge in [-0.2, -0.15) is 0 Å². The molecule has 0 radical (unpaired) electrons. The highest BCUT2D eigenvalue weighted by molar-refractivity contribution is 9.10. The van der Waals surface area contributed by atoms with E-state index in [0.717, 1.165) is 43.2 Å². The topological polar surface area (TPSA) is 29.5 Å². The van der Waals surface area contributed by atoms with Crippen LogP contribution in [0.25, 0.3) is 0 Å². The molecule has 0 saturated heterocycles. The SMILES string of the molecule is CC(C)(C)OC(=O)C1CCC(N2Cc3ccc(Br)cc3C2)CC1. The second kappa shape index (κ2) is 6.56. The van der Waals surface area contributed by atoms with E-state index < -0.39 is 0 Å². The smallest absolute Gasteiger partial charge is 0.309 e. The molecule has 4 heteroatoms. The quantitative estimate of drug-likeness (QED) is 0.699. The third-order valence-corrected chi connectivity index (χ3v) is 5.36. The molecule has 1 fully saturated rings. The van der Waals surface area contributed by atoms with Crippen molar-refractivity contribution in [3.63, 3.8) is 0 Å². The fourth-order valence-corrected chi connectivity index (χ4v) is 4.12. The minimum Gasteiger partial charge on any atom is -0.460 e. The summed E-state index contributed by atoms with van der Waals surface area (Å²) >= 11 is 3.56. The molecule has 1 aromatic rings. The monoisotopic (exact) mass is 379 g/mol. The molecule has 126 valence electrons. The van der Waals surface area contributed by atoms with Crippen molar-refractivity contribution in [3.05, 3.63) is 33.8 Å². The van der Waals surface area contributed by atoms with Crippen molar-refractivity contribution in [1.82, 2.24) is 4.90 Å². The molecule has 1 heterocycles. The summed E-state index contributed by atoms with van der Waals surface area (Å²) in [5, 5.41) is 0. The van der Waals surface area contributed by atoms with Crippen molar-refractivity contribution < 1.29 is 9.53 Å². The standard InChI is InChI=1S/C19H26BrNO2/c1-19(2,3)23-18(22)13-5-8-17(9-6-13)21-11-14-4-7-16(20)10-15(14)12-21/h4,7,10,13,17H,5-6,8-9,11-12H2,1-3H3. The molecule has 1 aromatic carbocycles. The Morgan fingerprint density at radius 2 is 1.78 bits per heavy atom. The summed E-state index contributed by atoms with van der Waals surface area (Å²) in [6, 6.07) is 7.19. The van der Waals surface area contributed by atoms with Gasteiger partial charge < -0.3 is 4.74 Å². The fraction of sp³-hybridized carbons (Fsp3) is 0.632. The first-order valence-corrected chi connectivity index (χ1v) is 9.35. The van der Waals surface area contributed by atoms with Crippen molar-refractivity contribution in [3.8, 4) is 0 Å². The van der Waals surface area contributed by atoms with Crippen LogP contribution in [0.1, 0.15) is 57.6 Å². The van der Waals surface area contributed by atoms with Gasteiger partial charge >= 0.3 is 5.97 Å². The Morgan fingerprint density at radius 3 is 2.43 bits per heavy atom. The second-order valence-corrected chi connectivity index (χ2v) is 8.77. The molecule has 0 N–H and O–H groups in total. The van der Waals surface area contributed by atoms with E-state index in [1.165, 1.54) is 11.1 Å². The first-order valence-electron chi connectivity index (χ1n) is 8.56. The number of hydrogen-bond acceptors (Lipinski definition) is 3. The van der Waals surface area contributed by atoms with Crippen LogP contribution in [0.4, 0.5) is 0 Å². The van der Waals surface area contributed by atoms with Crippen LogP contribution in [0.5, 0.6) is 0 Å².